The maximum absolute atomic E-state index is 12.1. The molecule has 0 aromatic rings. The number of carbonyl (C=O) groups excluding carboxylic acids is 2. The molecule has 0 aromatic carbocycles. The summed E-state index contributed by atoms with van der Waals surface area (Å²) in [4.78, 5) is 24.1. The van der Waals surface area contributed by atoms with Gasteiger partial charge in [0.1, 0.15) is 0 Å². The van der Waals surface area contributed by atoms with Gasteiger partial charge in [0, 0.05) is 23.7 Å². The number of hydrogen-bond donors (Lipinski definition) is 0. The van der Waals surface area contributed by atoms with Crippen molar-refractivity contribution >= 4 is 11.6 Å². The van der Waals surface area contributed by atoms with Crippen molar-refractivity contribution < 1.29 is 14.3 Å². The molecule has 4 rings (SSSR count). The maximum atomic E-state index is 12.1. The van der Waals surface area contributed by atoms with Crippen LogP contribution in [-0.2, 0) is 14.3 Å². The van der Waals surface area contributed by atoms with Gasteiger partial charge in [-0.2, -0.15) is 0 Å². The lowest BCUT2D eigenvalue weighted by Crippen LogP contribution is -2.48. The van der Waals surface area contributed by atoms with E-state index in [1.807, 2.05) is 12.2 Å². The molecule has 1 aliphatic heterocycles. The lowest BCUT2D eigenvalue weighted by Gasteiger charge is -2.40. The highest BCUT2D eigenvalue weighted by molar-refractivity contribution is 6.01. The number of ketones is 2. The third-order valence-corrected chi connectivity index (χ3v) is 4.75. The minimum Gasteiger partial charge on any atom is -0.369 e. The first-order valence-electron chi connectivity index (χ1n) is 6.33. The Morgan fingerprint density at radius 1 is 0.882 bits per heavy atom. The summed E-state index contributed by atoms with van der Waals surface area (Å²) in [6.45, 7) is 0. The Labute approximate surface area is 99.5 Å². The molecule has 1 heterocycles. The molecule has 0 N–H and O–H groups in total. The Kier molecular flexibility index (Phi) is 1.82. The number of carbonyl (C=O) groups is 2. The second kappa shape index (κ2) is 3.16. The fourth-order valence-corrected chi connectivity index (χ4v) is 4.01. The number of hydrogen-bond acceptors (Lipinski definition) is 3. The van der Waals surface area contributed by atoms with E-state index < -0.39 is 0 Å². The van der Waals surface area contributed by atoms with Crippen LogP contribution in [0.3, 0.4) is 0 Å². The van der Waals surface area contributed by atoms with Crippen LogP contribution in [0.1, 0.15) is 12.8 Å². The number of fused-ring (bicyclic) bond motifs is 6. The molecule has 1 saturated carbocycles. The fourth-order valence-electron chi connectivity index (χ4n) is 4.01. The van der Waals surface area contributed by atoms with Gasteiger partial charge >= 0.3 is 0 Å². The minimum absolute atomic E-state index is 0.119. The molecule has 1 saturated heterocycles. The molecule has 4 aliphatic rings. The SMILES string of the molecule is O=C1C=CC[C@@H]2[C@@H]1[C@@H]1C(=O)C=CC[C@H]1C1O[C@H]12. The molecule has 2 fully saturated rings. The van der Waals surface area contributed by atoms with E-state index in [1.165, 1.54) is 0 Å². The third-order valence-electron chi connectivity index (χ3n) is 4.75. The van der Waals surface area contributed by atoms with Crippen molar-refractivity contribution in [2.24, 2.45) is 23.7 Å². The normalized spacial score (nSPS) is 50.6. The molecular formula is C14H14O3. The Morgan fingerprint density at radius 2 is 1.35 bits per heavy atom. The highest BCUT2D eigenvalue weighted by Gasteiger charge is 2.63. The first-order chi connectivity index (χ1) is 8.27. The van der Waals surface area contributed by atoms with Gasteiger partial charge in [-0.05, 0) is 25.0 Å². The van der Waals surface area contributed by atoms with E-state index in [2.05, 4.69) is 0 Å². The molecule has 88 valence electrons. The van der Waals surface area contributed by atoms with Gasteiger partial charge in [0.05, 0.1) is 12.2 Å². The van der Waals surface area contributed by atoms with E-state index in [1.54, 1.807) is 12.2 Å². The lowest BCUT2D eigenvalue weighted by atomic mass is 9.59. The van der Waals surface area contributed by atoms with Crippen LogP contribution < -0.4 is 0 Å². The van der Waals surface area contributed by atoms with Crippen LogP contribution in [0, 0.1) is 23.7 Å². The highest BCUT2D eigenvalue weighted by atomic mass is 16.6. The monoisotopic (exact) mass is 230 g/mol. The molecule has 0 bridgehead atoms. The molecule has 3 heteroatoms. The first-order valence-corrected chi connectivity index (χ1v) is 6.33. The molecule has 3 nitrogen and oxygen atoms in total. The quantitative estimate of drug-likeness (QED) is 0.589. The lowest BCUT2D eigenvalue weighted by molar-refractivity contribution is -0.133. The molecule has 3 aliphatic carbocycles. The van der Waals surface area contributed by atoms with Gasteiger partial charge in [0.15, 0.2) is 11.6 Å². The molecular weight excluding hydrogens is 216 g/mol. The van der Waals surface area contributed by atoms with Crippen LogP contribution in [0.4, 0.5) is 0 Å². The zero-order valence-electron chi connectivity index (χ0n) is 9.41. The molecule has 17 heavy (non-hydrogen) atoms. The van der Waals surface area contributed by atoms with E-state index in [0.717, 1.165) is 12.8 Å². The number of epoxide rings is 1. The van der Waals surface area contributed by atoms with Gasteiger partial charge in [0.2, 0.25) is 0 Å². The first kappa shape index (κ1) is 9.77. The number of allylic oxidation sites excluding steroid dienone is 4. The summed E-state index contributed by atoms with van der Waals surface area (Å²) in [5.74, 6) is 0.517. The predicted octanol–water partition coefficient (Wildman–Crippen LogP) is 1.29. The molecule has 0 radical (unpaired) electrons. The fraction of sp³-hybridized carbons (Fsp3) is 0.571. The largest absolute Gasteiger partial charge is 0.369 e. The van der Waals surface area contributed by atoms with Crippen molar-refractivity contribution in [3.05, 3.63) is 24.3 Å². The van der Waals surface area contributed by atoms with Gasteiger partial charge in [0.25, 0.3) is 0 Å². The standard InChI is InChI=1S/C14H14O3/c15-9-5-1-3-7-11(9)12-8(14-13(7)17-14)4-2-6-10(12)16/h1-2,5-8,11-14H,3-4H2/t7-,8-,11+,12+,13+,14?/m1/s1. The van der Waals surface area contributed by atoms with Crippen LogP contribution in [0.5, 0.6) is 0 Å². The van der Waals surface area contributed by atoms with E-state index in [4.69, 9.17) is 4.74 Å². The average Bonchev–Trinajstić information content (AvgIpc) is 3.10. The van der Waals surface area contributed by atoms with Crippen LogP contribution in [0.25, 0.3) is 0 Å². The number of ether oxygens (including phenoxy) is 1. The van der Waals surface area contributed by atoms with Crippen molar-refractivity contribution in [2.75, 3.05) is 0 Å². The van der Waals surface area contributed by atoms with Crippen LogP contribution in [0.2, 0.25) is 0 Å². The summed E-state index contributed by atoms with van der Waals surface area (Å²) in [6.07, 6.45) is 9.43. The summed E-state index contributed by atoms with van der Waals surface area (Å²) in [6, 6.07) is 0. The van der Waals surface area contributed by atoms with E-state index in [-0.39, 0.29) is 47.4 Å². The van der Waals surface area contributed by atoms with Crippen LogP contribution in [0.15, 0.2) is 24.3 Å². The van der Waals surface area contributed by atoms with E-state index in [9.17, 15) is 9.59 Å². The van der Waals surface area contributed by atoms with E-state index >= 15 is 0 Å². The molecule has 0 aromatic heterocycles. The van der Waals surface area contributed by atoms with E-state index in [0.29, 0.717) is 0 Å². The van der Waals surface area contributed by atoms with Crippen LogP contribution >= 0.6 is 0 Å². The zero-order chi connectivity index (χ0) is 11.6. The Bertz CT molecular complexity index is 420. The van der Waals surface area contributed by atoms with Gasteiger partial charge in [-0.15, -0.1) is 0 Å². The second-order valence-electron chi connectivity index (χ2n) is 5.53. The maximum Gasteiger partial charge on any atom is 0.159 e. The molecule has 0 amide bonds. The van der Waals surface area contributed by atoms with Crippen LogP contribution in [-0.4, -0.2) is 23.8 Å². The van der Waals surface area contributed by atoms with Crippen molar-refractivity contribution in [1.29, 1.82) is 0 Å². The molecule has 6 atom stereocenters. The average molecular weight is 230 g/mol. The van der Waals surface area contributed by atoms with Crippen molar-refractivity contribution in [3.63, 3.8) is 0 Å². The van der Waals surface area contributed by atoms with Crippen molar-refractivity contribution in [2.45, 2.75) is 25.0 Å². The topological polar surface area (TPSA) is 46.7 Å². The zero-order valence-corrected chi connectivity index (χ0v) is 9.41. The van der Waals surface area contributed by atoms with Gasteiger partial charge in [-0.1, -0.05) is 12.2 Å². The summed E-state index contributed by atoms with van der Waals surface area (Å²) in [7, 11) is 0. The molecule has 1 unspecified atom stereocenters. The Hall–Kier alpha value is -1.22. The highest BCUT2D eigenvalue weighted by Crippen LogP contribution is 2.55. The second-order valence-corrected chi connectivity index (χ2v) is 5.53. The summed E-state index contributed by atoms with van der Waals surface area (Å²) < 4.78 is 5.74. The predicted molar refractivity (Wildman–Crippen MR) is 60.1 cm³/mol. The Balaban J connectivity index is 1.79. The van der Waals surface area contributed by atoms with Gasteiger partial charge < -0.3 is 4.74 Å². The smallest absolute Gasteiger partial charge is 0.159 e. The minimum atomic E-state index is -0.119. The number of rotatable bonds is 0. The molecule has 0 spiro atoms. The van der Waals surface area contributed by atoms with Crippen molar-refractivity contribution in [1.82, 2.24) is 0 Å². The van der Waals surface area contributed by atoms with Gasteiger partial charge in [-0.3, -0.25) is 9.59 Å². The summed E-state index contributed by atoms with van der Waals surface area (Å²) in [5.41, 5.74) is 0. The Morgan fingerprint density at radius 3 is 1.82 bits per heavy atom. The third kappa shape index (κ3) is 1.20. The summed E-state index contributed by atoms with van der Waals surface area (Å²) in [5, 5.41) is 0. The summed E-state index contributed by atoms with van der Waals surface area (Å²) >= 11 is 0. The van der Waals surface area contributed by atoms with Crippen molar-refractivity contribution in [3.8, 4) is 0 Å². The van der Waals surface area contributed by atoms with Gasteiger partial charge in [-0.25, -0.2) is 0 Å².